The van der Waals surface area contributed by atoms with Gasteiger partial charge in [-0.05, 0) is 11.1 Å². The van der Waals surface area contributed by atoms with Gasteiger partial charge in [0.1, 0.15) is 6.04 Å². The van der Waals surface area contributed by atoms with E-state index in [4.69, 9.17) is 9.15 Å². The lowest BCUT2D eigenvalue weighted by Gasteiger charge is -2.50. The summed E-state index contributed by atoms with van der Waals surface area (Å²) in [5.74, 6) is -1.24. The number of β-lactam (4-membered cyclic amide) rings is 1. The molecule has 1 fully saturated rings. The van der Waals surface area contributed by atoms with E-state index in [0.717, 1.165) is 11.1 Å². The summed E-state index contributed by atoms with van der Waals surface area (Å²) in [4.78, 5) is 42.8. The molecule has 5 aromatic rings. The van der Waals surface area contributed by atoms with Gasteiger partial charge in [-0.3, -0.25) is 9.36 Å². The largest absolute Gasteiger partial charge is 0.467 e. The molecule has 1 unspecified atom stereocenters. The molecule has 2 heterocycles. The first kappa shape index (κ1) is 25.1. The molecule has 7 nitrogen and oxygen atoms in total. The monoisotopic (exact) mass is 530 g/mol. The maximum Gasteiger partial charge on any atom is 0.420 e. The molecule has 0 saturated carbocycles. The molecule has 1 aliphatic heterocycles. The standard InChI is InChI=1S/C33H26N2O5/c1-39-31(37)33(25-18-10-4-11-19-25,26-20-12-5-13-21-26)34-22-27(30(34)36)35-28(23-14-6-2-7-15-23)29(40-32(35)38)24-16-8-3-9-17-24/h2-21,27H,22H2,1H3. The number of likely N-dealkylation sites (tertiary alicyclic amines) is 1. The SMILES string of the molecule is COC(=O)C(c1ccccc1)(c1ccccc1)N1CC(n2c(-c3ccccc3)c(-c3ccccc3)oc2=O)C1=O. The van der Waals surface area contributed by atoms with E-state index in [9.17, 15) is 14.4 Å². The van der Waals surface area contributed by atoms with Crippen LogP contribution in [0, 0.1) is 0 Å². The zero-order valence-electron chi connectivity index (χ0n) is 21.8. The minimum absolute atomic E-state index is 0.0885. The van der Waals surface area contributed by atoms with Gasteiger partial charge in [0, 0.05) is 11.1 Å². The van der Waals surface area contributed by atoms with Crippen molar-refractivity contribution < 1.29 is 18.7 Å². The molecule has 1 atom stereocenters. The van der Waals surface area contributed by atoms with Crippen LogP contribution in [0.3, 0.4) is 0 Å². The fourth-order valence-electron chi connectivity index (χ4n) is 5.55. The first-order valence-electron chi connectivity index (χ1n) is 12.9. The summed E-state index contributed by atoms with van der Waals surface area (Å²) in [5.41, 5.74) is 1.62. The lowest BCUT2D eigenvalue weighted by atomic mass is 9.78. The van der Waals surface area contributed by atoms with Crippen LogP contribution in [0.2, 0.25) is 0 Å². The molecular formula is C33H26N2O5. The molecule has 1 saturated heterocycles. The van der Waals surface area contributed by atoms with Gasteiger partial charge in [-0.2, -0.15) is 0 Å². The molecule has 0 spiro atoms. The lowest BCUT2D eigenvalue weighted by molar-refractivity contribution is -0.170. The highest BCUT2D eigenvalue weighted by Gasteiger charge is 2.58. The summed E-state index contributed by atoms with van der Waals surface area (Å²) in [5, 5.41) is 0. The van der Waals surface area contributed by atoms with E-state index in [1.54, 1.807) is 24.3 Å². The predicted octanol–water partition coefficient (Wildman–Crippen LogP) is 5.28. The van der Waals surface area contributed by atoms with Crippen molar-refractivity contribution in [1.29, 1.82) is 0 Å². The molecule has 198 valence electrons. The van der Waals surface area contributed by atoms with Crippen LogP contribution in [0.5, 0.6) is 0 Å². The molecule has 1 aromatic heterocycles. The predicted molar refractivity (Wildman–Crippen MR) is 150 cm³/mol. The lowest BCUT2D eigenvalue weighted by Crippen LogP contribution is -2.66. The molecule has 40 heavy (non-hydrogen) atoms. The third-order valence-corrected chi connectivity index (χ3v) is 7.41. The first-order chi connectivity index (χ1) is 19.6. The third-order valence-electron chi connectivity index (χ3n) is 7.41. The number of oxazole rings is 1. The van der Waals surface area contributed by atoms with Crippen molar-refractivity contribution in [3.05, 3.63) is 143 Å². The Morgan fingerprint density at radius 3 is 1.70 bits per heavy atom. The number of carbonyl (C=O) groups is 2. The number of hydrogen-bond donors (Lipinski definition) is 0. The Kier molecular flexibility index (Phi) is 6.40. The van der Waals surface area contributed by atoms with Crippen molar-refractivity contribution in [1.82, 2.24) is 9.47 Å². The molecule has 7 heteroatoms. The number of esters is 1. The zero-order chi connectivity index (χ0) is 27.7. The minimum Gasteiger partial charge on any atom is -0.467 e. The Morgan fingerprint density at radius 1 is 0.750 bits per heavy atom. The third kappa shape index (κ3) is 3.86. The van der Waals surface area contributed by atoms with Crippen molar-refractivity contribution in [3.63, 3.8) is 0 Å². The highest BCUT2D eigenvalue weighted by molar-refractivity contribution is 5.97. The summed E-state index contributed by atoms with van der Waals surface area (Å²) in [6.45, 7) is 0.0885. The van der Waals surface area contributed by atoms with Gasteiger partial charge in [0.05, 0.1) is 19.3 Å². The van der Waals surface area contributed by atoms with Gasteiger partial charge in [-0.25, -0.2) is 9.59 Å². The maximum absolute atomic E-state index is 14.2. The van der Waals surface area contributed by atoms with Gasteiger partial charge in [-0.1, -0.05) is 121 Å². The summed E-state index contributed by atoms with van der Waals surface area (Å²) < 4.78 is 12.5. The molecular weight excluding hydrogens is 504 g/mol. The van der Waals surface area contributed by atoms with Gasteiger partial charge >= 0.3 is 11.7 Å². The quantitative estimate of drug-likeness (QED) is 0.211. The van der Waals surface area contributed by atoms with Crippen molar-refractivity contribution in [3.8, 4) is 22.6 Å². The van der Waals surface area contributed by atoms with Crippen LogP contribution >= 0.6 is 0 Å². The number of amides is 1. The zero-order valence-corrected chi connectivity index (χ0v) is 21.8. The summed E-state index contributed by atoms with van der Waals surface area (Å²) in [6, 6.07) is 36.0. The van der Waals surface area contributed by atoms with E-state index in [1.165, 1.54) is 16.6 Å². The Morgan fingerprint density at radius 2 is 1.23 bits per heavy atom. The second-order valence-electron chi connectivity index (χ2n) is 9.55. The van der Waals surface area contributed by atoms with E-state index in [0.29, 0.717) is 22.6 Å². The molecule has 0 radical (unpaired) electrons. The Balaban J connectivity index is 1.51. The van der Waals surface area contributed by atoms with Crippen LogP contribution in [0.1, 0.15) is 17.2 Å². The number of ether oxygens (including phenoxy) is 1. The van der Waals surface area contributed by atoms with Crippen molar-refractivity contribution in [2.75, 3.05) is 13.7 Å². The molecule has 4 aromatic carbocycles. The van der Waals surface area contributed by atoms with Crippen LogP contribution < -0.4 is 5.76 Å². The van der Waals surface area contributed by atoms with Gasteiger partial charge in [0.2, 0.25) is 5.91 Å². The Hall–Kier alpha value is -5.17. The van der Waals surface area contributed by atoms with Gasteiger partial charge in [0.25, 0.3) is 0 Å². The maximum atomic E-state index is 14.2. The van der Waals surface area contributed by atoms with Crippen molar-refractivity contribution >= 4 is 11.9 Å². The van der Waals surface area contributed by atoms with Gasteiger partial charge in [0.15, 0.2) is 11.3 Å². The van der Waals surface area contributed by atoms with E-state index in [2.05, 4.69) is 0 Å². The average molecular weight is 531 g/mol. The van der Waals surface area contributed by atoms with Crippen LogP contribution in [-0.2, 0) is 19.9 Å². The number of hydrogen-bond acceptors (Lipinski definition) is 5. The molecule has 0 aliphatic carbocycles. The van der Waals surface area contributed by atoms with E-state index < -0.39 is 29.2 Å². The van der Waals surface area contributed by atoms with Crippen LogP contribution in [0.25, 0.3) is 22.6 Å². The molecule has 0 bridgehead atoms. The highest BCUT2D eigenvalue weighted by atomic mass is 16.5. The molecule has 1 amide bonds. The number of benzene rings is 4. The second kappa shape index (κ2) is 10.2. The van der Waals surface area contributed by atoms with E-state index in [-0.39, 0.29) is 6.54 Å². The van der Waals surface area contributed by atoms with E-state index in [1.807, 2.05) is 97.1 Å². The first-order valence-corrected chi connectivity index (χ1v) is 12.9. The minimum atomic E-state index is -1.53. The second-order valence-corrected chi connectivity index (χ2v) is 9.55. The Labute approximate surface area is 230 Å². The van der Waals surface area contributed by atoms with E-state index >= 15 is 0 Å². The number of methoxy groups -OCH3 is 1. The van der Waals surface area contributed by atoms with Crippen LogP contribution in [-0.4, -0.2) is 35.0 Å². The molecule has 6 rings (SSSR count). The smallest absolute Gasteiger partial charge is 0.420 e. The average Bonchev–Trinajstić information content (AvgIpc) is 3.36. The Bertz CT molecular complexity index is 1670. The fraction of sp³-hybridized carbons (Fsp3) is 0.121. The topological polar surface area (TPSA) is 81.8 Å². The number of rotatable bonds is 7. The van der Waals surface area contributed by atoms with Crippen molar-refractivity contribution in [2.24, 2.45) is 0 Å². The normalized spacial score (nSPS) is 15.0. The molecule has 1 aliphatic rings. The number of aromatic nitrogens is 1. The summed E-state index contributed by atoms with van der Waals surface area (Å²) >= 11 is 0. The fourth-order valence-corrected chi connectivity index (χ4v) is 5.55. The molecule has 0 N–H and O–H groups in total. The van der Waals surface area contributed by atoms with Gasteiger partial charge in [-0.15, -0.1) is 0 Å². The van der Waals surface area contributed by atoms with Crippen LogP contribution in [0.15, 0.2) is 131 Å². The highest BCUT2D eigenvalue weighted by Crippen LogP contribution is 2.45. The van der Waals surface area contributed by atoms with Gasteiger partial charge < -0.3 is 14.1 Å². The number of carbonyl (C=O) groups excluding carboxylic acids is 2. The summed E-state index contributed by atoms with van der Waals surface area (Å²) in [6.07, 6.45) is 0. The number of nitrogens with zero attached hydrogens (tertiary/aromatic N) is 2. The summed E-state index contributed by atoms with van der Waals surface area (Å²) in [7, 11) is 1.31. The van der Waals surface area contributed by atoms with Crippen molar-refractivity contribution in [2.45, 2.75) is 11.6 Å². The van der Waals surface area contributed by atoms with Crippen LogP contribution in [0.4, 0.5) is 0 Å².